The third-order valence-corrected chi connectivity index (χ3v) is 4.94. The molecule has 0 heterocycles. The van der Waals surface area contributed by atoms with Gasteiger partial charge >= 0.3 is 0 Å². The van der Waals surface area contributed by atoms with Gasteiger partial charge in [-0.1, -0.05) is 23.8 Å². The van der Waals surface area contributed by atoms with Crippen LogP contribution in [0.2, 0.25) is 0 Å². The molecule has 2 N–H and O–H groups in total. The fraction of sp³-hybridized carbons (Fsp3) is 0.176. The second-order valence-electron chi connectivity index (χ2n) is 5.23. The molecule has 1 amide bonds. The molecule has 0 unspecified atom stereocenters. The number of hydrazone groups is 1. The highest BCUT2D eigenvalue weighted by Gasteiger charge is 2.06. The summed E-state index contributed by atoms with van der Waals surface area (Å²) in [5.41, 5.74) is 6.64. The summed E-state index contributed by atoms with van der Waals surface area (Å²) in [7, 11) is 0. The first-order valence-electron chi connectivity index (χ1n) is 6.93. The van der Waals surface area contributed by atoms with Crippen LogP contribution in [0.4, 0.5) is 0 Å². The molecule has 0 spiro atoms. The molecule has 23 heavy (non-hydrogen) atoms. The molecule has 0 aliphatic heterocycles. The van der Waals surface area contributed by atoms with Crippen molar-refractivity contribution in [2.24, 2.45) is 5.10 Å². The molecule has 4 nitrogen and oxygen atoms in total. The topological polar surface area (TPSA) is 61.7 Å². The maximum atomic E-state index is 12.0. The zero-order chi connectivity index (χ0) is 17.0. The van der Waals surface area contributed by atoms with Gasteiger partial charge in [-0.05, 0) is 87.9 Å². The number of carbonyl (C=O) groups is 1. The second-order valence-corrected chi connectivity index (χ2v) is 7.56. The Kier molecular flexibility index (Phi) is 6.40. The van der Waals surface area contributed by atoms with Gasteiger partial charge in [0.15, 0.2) is 0 Å². The number of hydrogen-bond acceptors (Lipinski definition) is 3. The summed E-state index contributed by atoms with van der Waals surface area (Å²) in [6.45, 7) is 4.03. The first-order valence-corrected chi connectivity index (χ1v) is 9.08. The van der Waals surface area contributed by atoms with E-state index in [0.29, 0.717) is 6.42 Å². The van der Waals surface area contributed by atoms with Gasteiger partial charge in [-0.3, -0.25) is 4.79 Å². The summed E-state index contributed by atoms with van der Waals surface area (Å²) >= 11 is 4.12. The van der Waals surface area contributed by atoms with Crippen LogP contribution in [-0.2, 0) is 11.2 Å². The third kappa shape index (κ3) is 5.17. The summed E-state index contributed by atoms with van der Waals surface area (Å²) in [5, 5.41) is 13.7. The van der Waals surface area contributed by atoms with Gasteiger partial charge in [0, 0.05) is 0 Å². The molecular formula is C17H16I2N2O2. The van der Waals surface area contributed by atoms with Gasteiger partial charge in [0.2, 0.25) is 5.91 Å². The van der Waals surface area contributed by atoms with Crippen LogP contribution >= 0.6 is 45.2 Å². The summed E-state index contributed by atoms with van der Waals surface area (Å²) in [5.74, 6) is 0.110. The SMILES string of the molecule is Cc1ccc(CC(=O)N/N=C\c2cc(I)c(O)c(I)c2)c(C)c1. The van der Waals surface area contributed by atoms with Crippen molar-refractivity contribution < 1.29 is 9.90 Å². The average Bonchev–Trinajstić information content (AvgIpc) is 2.47. The molecule has 0 radical (unpaired) electrons. The molecule has 2 rings (SSSR count). The first-order chi connectivity index (χ1) is 10.9. The van der Waals surface area contributed by atoms with E-state index in [1.807, 2.05) is 26.0 Å². The van der Waals surface area contributed by atoms with Gasteiger partial charge in [0.1, 0.15) is 5.75 Å². The summed E-state index contributed by atoms with van der Waals surface area (Å²) in [6.07, 6.45) is 1.87. The Hall–Kier alpha value is -1.16. The first kappa shape index (κ1) is 18.2. The minimum absolute atomic E-state index is 0.156. The number of aromatic hydroxyl groups is 1. The molecule has 120 valence electrons. The van der Waals surface area contributed by atoms with Gasteiger partial charge in [-0.25, -0.2) is 5.43 Å². The lowest BCUT2D eigenvalue weighted by Crippen LogP contribution is -2.20. The highest BCUT2D eigenvalue weighted by Crippen LogP contribution is 2.26. The predicted octanol–water partition coefficient (Wildman–Crippen LogP) is 3.91. The molecule has 6 heteroatoms. The van der Waals surface area contributed by atoms with Gasteiger partial charge in [0.05, 0.1) is 19.8 Å². The molecule has 2 aromatic carbocycles. The molecule has 0 aliphatic rings. The Balaban J connectivity index is 1.99. The fourth-order valence-electron chi connectivity index (χ4n) is 2.10. The number of nitrogens with one attached hydrogen (secondary N) is 1. The van der Waals surface area contributed by atoms with E-state index in [1.165, 1.54) is 5.56 Å². The molecule has 2 aromatic rings. The molecule has 0 fully saturated rings. The smallest absolute Gasteiger partial charge is 0.244 e. The van der Waals surface area contributed by atoms with E-state index in [9.17, 15) is 9.90 Å². The zero-order valence-electron chi connectivity index (χ0n) is 12.7. The minimum atomic E-state index is -0.156. The van der Waals surface area contributed by atoms with Crippen molar-refractivity contribution in [3.8, 4) is 5.75 Å². The van der Waals surface area contributed by atoms with Crippen LogP contribution in [0.1, 0.15) is 22.3 Å². The molecular weight excluding hydrogens is 518 g/mol. The van der Waals surface area contributed by atoms with Crippen molar-refractivity contribution >= 4 is 57.3 Å². The number of benzene rings is 2. The molecule has 0 atom stereocenters. The van der Waals surface area contributed by atoms with Crippen molar-refractivity contribution in [2.75, 3.05) is 0 Å². The number of amides is 1. The van der Waals surface area contributed by atoms with Crippen molar-refractivity contribution in [2.45, 2.75) is 20.3 Å². The lowest BCUT2D eigenvalue weighted by molar-refractivity contribution is -0.120. The number of nitrogens with zero attached hydrogens (tertiary/aromatic N) is 1. The van der Waals surface area contributed by atoms with Crippen molar-refractivity contribution in [3.05, 3.63) is 59.7 Å². The second kappa shape index (κ2) is 8.09. The largest absolute Gasteiger partial charge is 0.506 e. The fourth-order valence-corrected chi connectivity index (χ4v) is 3.91. The third-order valence-electron chi connectivity index (χ3n) is 3.29. The Morgan fingerprint density at radius 3 is 2.48 bits per heavy atom. The van der Waals surface area contributed by atoms with Crippen LogP contribution in [-0.4, -0.2) is 17.2 Å². The quantitative estimate of drug-likeness (QED) is 0.355. The van der Waals surface area contributed by atoms with Gasteiger partial charge in [-0.2, -0.15) is 5.10 Å². The van der Waals surface area contributed by atoms with E-state index in [1.54, 1.807) is 18.3 Å². The lowest BCUT2D eigenvalue weighted by atomic mass is 10.0. The van der Waals surface area contributed by atoms with Crippen LogP contribution in [0, 0.1) is 21.0 Å². The van der Waals surface area contributed by atoms with Crippen LogP contribution in [0.15, 0.2) is 35.4 Å². The van der Waals surface area contributed by atoms with E-state index in [0.717, 1.165) is 23.8 Å². The monoisotopic (exact) mass is 534 g/mol. The number of rotatable bonds is 4. The van der Waals surface area contributed by atoms with Crippen LogP contribution in [0.25, 0.3) is 0 Å². The standard InChI is InChI=1S/C17H16I2N2O2/c1-10-3-4-13(11(2)5-10)8-16(22)21-20-9-12-6-14(18)17(23)15(19)7-12/h3-7,9,23H,8H2,1-2H3,(H,21,22)/b20-9-. The van der Waals surface area contributed by atoms with Crippen molar-refractivity contribution in [1.82, 2.24) is 5.43 Å². The van der Waals surface area contributed by atoms with Crippen LogP contribution in [0.3, 0.4) is 0 Å². The van der Waals surface area contributed by atoms with Crippen molar-refractivity contribution in [3.63, 3.8) is 0 Å². The molecule has 0 bridgehead atoms. The van der Waals surface area contributed by atoms with Crippen LogP contribution in [0.5, 0.6) is 5.75 Å². The summed E-state index contributed by atoms with van der Waals surface area (Å²) < 4.78 is 1.50. The van der Waals surface area contributed by atoms with Gasteiger partial charge < -0.3 is 5.11 Å². The highest BCUT2D eigenvalue weighted by atomic mass is 127. The molecule has 0 saturated carbocycles. The number of carbonyl (C=O) groups excluding carboxylic acids is 1. The van der Waals surface area contributed by atoms with Crippen molar-refractivity contribution in [1.29, 1.82) is 0 Å². The number of aryl methyl sites for hydroxylation is 2. The summed E-state index contributed by atoms with van der Waals surface area (Å²) in [4.78, 5) is 12.0. The Morgan fingerprint density at radius 1 is 1.22 bits per heavy atom. The molecule has 0 aliphatic carbocycles. The zero-order valence-corrected chi connectivity index (χ0v) is 17.0. The highest BCUT2D eigenvalue weighted by molar-refractivity contribution is 14.1. The molecule has 0 aromatic heterocycles. The van der Waals surface area contributed by atoms with E-state index < -0.39 is 0 Å². The predicted molar refractivity (Wildman–Crippen MR) is 109 cm³/mol. The maximum Gasteiger partial charge on any atom is 0.244 e. The summed E-state index contributed by atoms with van der Waals surface area (Å²) in [6, 6.07) is 9.64. The number of phenolic OH excluding ortho intramolecular Hbond substituents is 1. The normalized spacial score (nSPS) is 11.0. The van der Waals surface area contributed by atoms with Gasteiger partial charge in [-0.15, -0.1) is 0 Å². The Morgan fingerprint density at radius 2 is 1.87 bits per heavy atom. The lowest BCUT2D eigenvalue weighted by Gasteiger charge is -2.06. The average molecular weight is 534 g/mol. The Labute approximate surface area is 162 Å². The molecule has 0 saturated heterocycles. The van der Waals surface area contributed by atoms with E-state index >= 15 is 0 Å². The van der Waals surface area contributed by atoms with E-state index in [-0.39, 0.29) is 11.7 Å². The minimum Gasteiger partial charge on any atom is -0.506 e. The maximum absolute atomic E-state index is 12.0. The number of halogens is 2. The van der Waals surface area contributed by atoms with E-state index in [2.05, 4.69) is 61.8 Å². The number of phenols is 1. The van der Waals surface area contributed by atoms with Crippen LogP contribution < -0.4 is 5.43 Å². The Bertz CT molecular complexity index is 750. The van der Waals surface area contributed by atoms with Gasteiger partial charge in [0.25, 0.3) is 0 Å². The number of hydrogen-bond donors (Lipinski definition) is 2. The van der Waals surface area contributed by atoms with E-state index in [4.69, 9.17) is 0 Å².